The lowest BCUT2D eigenvalue weighted by Gasteiger charge is -2.15. The van der Waals surface area contributed by atoms with E-state index in [9.17, 15) is 5.11 Å². The second kappa shape index (κ2) is 5.18. The fourth-order valence-corrected chi connectivity index (χ4v) is 1.90. The number of thiocarbonyl (C=S) groups is 1. The number of ether oxygens (including phenoxy) is 1. The van der Waals surface area contributed by atoms with E-state index in [4.69, 9.17) is 17.0 Å². The van der Waals surface area contributed by atoms with Crippen LogP contribution < -0.4 is 10.2 Å². The third-order valence-corrected chi connectivity index (χ3v) is 2.94. The molecule has 1 aliphatic heterocycles. The molecule has 5 heteroatoms. The summed E-state index contributed by atoms with van der Waals surface area (Å²) in [5.74, 6) is 0.585. The van der Waals surface area contributed by atoms with Gasteiger partial charge in [0.2, 0.25) is 0 Å². The molecule has 0 aliphatic carbocycles. The van der Waals surface area contributed by atoms with Gasteiger partial charge in [-0.15, -0.1) is 0 Å². The number of aromatic hydroxyl groups is 1. The van der Waals surface area contributed by atoms with Gasteiger partial charge in [-0.2, -0.15) is 5.10 Å². The van der Waals surface area contributed by atoms with E-state index in [2.05, 4.69) is 10.5 Å². The normalized spacial score (nSPS) is 17.3. The van der Waals surface area contributed by atoms with E-state index < -0.39 is 0 Å². The summed E-state index contributed by atoms with van der Waals surface area (Å²) in [4.78, 5) is 0.706. The second-order valence-electron chi connectivity index (χ2n) is 4.01. The molecule has 0 aromatic heterocycles. The van der Waals surface area contributed by atoms with Crippen LogP contribution in [0.5, 0.6) is 11.5 Å². The average molecular weight is 262 g/mol. The summed E-state index contributed by atoms with van der Waals surface area (Å²) in [5, 5.41) is 13.7. The van der Waals surface area contributed by atoms with Crippen LogP contribution in [-0.4, -0.2) is 22.9 Å². The van der Waals surface area contributed by atoms with E-state index in [0.717, 1.165) is 16.8 Å². The van der Waals surface area contributed by atoms with Gasteiger partial charge >= 0.3 is 0 Å². The molecule has 1 aromatic carbocycles. The van der Waals surface area contributed by atoms with Crippen LogP contribution in [0.15, 0.2) is 28.9 Å². The first-order valence-electron chi connectivity index (χ1n) is 5.51. The minimum Gasteiger partial charge on any atom is -0.504 e. The molecule has 1 aliphatic rings. The van der Waals surface area contributed by atoms with Gasteiger partial charge in [0.25, 0.3) is 0 Å². The maximum Gasteiger partial charge on any atom is 0.161 e. The average Bonchev–Trinajstić information content (AvgIpc) is 2.36. The second-order valence-corrected chi connectivity index (χ2v) is 4.50. The topological polar surface area (TPSA) is 53.8 Å². The van der Waals surface area contributed by atoms with Crippen LogP contribution in [0.4, 0.5) is 0 Å². The first-order valence-corrected chi connectivity index (χ1v) is 5.92. The van der Waals surface area contributed by atoms with Crippen molar-refractivity contribution in [2.45, 2.75) is 13.3 Å². The van der Waals surface area contributed by atoms with Gasteiger partial charge in [-0.1, -0.05) is 18.3 Å². The van der Waals surface area contributed by atoms with Crippen LogP contribution in [0.1, 0.15) is 18.9 Å². The molecule has 0 fully saturated rings. The zero-order chi connectivity index (χ0) is 13.1. The number of benzene rings is 1. The molecule has 94 valence electrons. The Morgan fingerprint density at radius 2 is 2.28 bits per heavy atom. The Bertz CT molecular complexity index is 550. The lowest BCUT2D eigenvalue weighted by Crippen LogP contribution is -2.24. The molecule has 0 radical (unpaired) electrons. The predicted molar refractivity (Wildman–Crippen MR) is 76.1 cm³/mol. The summed E-state index contributed by atoms with van der Waals surface area (Å²) in [7, 11) is 1.53. The lowest BCUT2D eigenvalue weighted by atomic mass is 10.0. The Labute approximate surface area is 111 Å². The maximum absolute atomic E-state index is 9.53. The molecule has 0 bridgehead atoms. The maximum atomic E-state index is 9.53. The van der Waals surface area contributed by atoms with Crippen molar-refractivity contribution >= 4 is 29.0 Å². The van der Waals surface area contributed by atoms with Gasteiger partial charge in [-0.05, 0) is 36.3 Å². The number of methoxy groups -OCH3 is 1. The van der Waals surface area contributed by atoms with Crippen molar-refractivity contribution < 1.29 is 9.84 Å². The van der Waals surface area contributed by atoms with E-state index in [0.29, 0.717) is 17.2 Å². The molecule has 0 saturated heterocycles. The van der Waals surface area contributed by atoms with Crippen molar-refractivity contribution in [1.29, 1.82) is 0 Å². The highest BCUT2D eigenvalue weighted by atomic mass is 32.1. The van der Waals surface area contributed by atoms with Crippen molar-refractivity contribution in [3.63, 3.8) is 0 Å². The van der Waals surface area contributed by atoms with Crippen molar-refractivity contribution in [2.24, 2.45) is 5.10 Å². The van der Waals surface area contributed by atoms with Crippen molar-refractivity contribution in [2.75, 3.05) is 7.11 Å². The Balaban J connectivity index is 2.35. The predicted octanol–water partition coefficient (Wildman–Crippen LogP) is 2.48. The van der Waals surface area contributed by atoms with E-state index in [1.54, 1.807) is 12.1 Å². The molecular weight excluding hydrogens is 248 g/mol. The molecule has 18 heavy (non-hydrogen) atoms. The number of phenolic OH excluding ortho intramolecular Hbond substituents is 1. The minimum atomic E-state index is 0.130. The number of hydrazone groups is 1. The van der Waals surface area contributed by atoms with E-state index >= 15 is 0 Å². The third-order valence-electron chi connectivity index (χ3n) is 2.71. The van der Waals surface area contributed by atoms with Gasteiger partial charge in [0.05, 0.1) is 12.8 Å². The van der Waals surface area contributed by atoms with Gasteiger partial charge in [-0.3, -0.25) is 5.43 Å². The largest absolute Gasteiger partial charge is 0.504 e. The van der Waals surface area contributed by atoms with Crippen molar-refractivity contribution in [3.05, 3.63) is 29.3 Å². The van der Waals surface area contributed by atoms with E-state index in [1.165, 1.54) is 7.11 Å². The number of hydrogen-bond donors (Lipinski definition) is 2. The van der Waals surface area contributed by atoms with Gasteiger partial charge in [0, 0.05) is 6.42 Å². The number of nitrogens with one attached hydrogen (secondary N) is 1. The molecule has 0 atom stereocenters. The fraction of sp³-hybridized carbons (Fsp3) is 0.231. The molecule has 0 spiro atoms. The highest BCUT2D eigenvalue weighted by Gasteiger charge is 2.11. The Morgan fingerprint density at radius 3 is 3.00 bits per heavy atom. The zero-order valence-electron chi connectivity index (χ0n) is 10.2. The highest BCUT2D eigenvalue weighted by Crippen LogP contribution is 2.27. The Morgan fingerprint density at radius 1 is 1.50 bits per heavy atom. The Kier molecular flexibility index (Phi) is 3.62. The first-order chi connectivity index (χ1) is 8.60. The van der Waals surface area contributed by atoms with Gasteiger partial charge in [0.15, 0.2) is 11.5 Å². The monoisotopic (exact) mass is 262 g/mol. The smallest absolute Gasteiger partial charge is 0.161 e. The standard InChI is InChI=1S/C13H14N2O2S/c1-8-10(7-13(18)15-14-8)5-9-3-4-11(16)12(6-9)17-2/h3-6,16H,7H2,1-2H3,(H,15,18). The lowest BCUT2D eigenvalue weighted by molar-refractivity contribution is 0.373. The Hall–Kier alpha value is -1.88. The molecule has 0 saturated carbocycles. The number of hydrogen-bond acceptors (Lipinski definition) is 4. The summed E-state index contributed by atoms with van der Waals surface area (Å²) in [5.41, 5.74) is 5.71. The molecular formula is C13H14N2O2S. The zero-order valence-corrected chi connectivity index (χ0v) is 11.0. The molecule has 1 heterocycles. The van der Waals surface area contributed by atoms with E-state index in [-0.39, 0.29) is 5.75 Å². The minimum absolute atomic E-state index is 0.130. The SMILES string of the molecule is COc1cc(C=C2CC(=S)NN=C2C)ccc1O. The van der Waals surface area contributed by atoms with Crippen LogP contribution in [0, 0.1) is 0 Å². The van der Waals surface area contributed by atoms with Crippen molar-refractivity contribution in [1.82, 2.24) is 5.43 Å². The summed E-state index contributed by atoms with van der Waals surface area (Å²) >= 11 is 5.10. The first kappa shape index (κ1) is 12.6. The number of rotatable bonds is 2. The van der Waals surface area contributed by atoms with Crippen LogP contribution in [0.3, 0.4) is 0 Å². The molecule has 1 aromatic rings. The van der Waals surface area contributed by atoms with Gasteiger partial charge in [-0.25, -0.2) is 0 Å². The summed E-state index contributed by atoms with van der Waals surface area (Å²) in [6.45, 7) is 1.93. The summed E-state index contributed by atoms with van der Waals surface area (Å²) in [6, 6.07) is 5.21. The molecule has 0 unspecified atom stereocenters. The fourth-order valence-electron chi connectivity index (χ4n) is 1.70. The summed E-state index contributed by atoms with van der Waals surface area (Å²) < 4.78 is 5.08. The number of phenols is 1. The summed E-state index contributed by atoms with van der Waals surface area (Å²) in [6.07, 6.45) is 2.67. The van der Waals surface area contributed by atoms with Gasteiger partial charge in [0.1, 0.15) is 4.99 Å². The molecule has 4 nitrogen and oxygen atoms in total. The molecule has 0 amide bonds. The van der Waals surface area contributed by atoms with Crippen LogP contribution in [-0.2, 0) is 0 Å². The van der Waals surface area contributed by atoms with Crippen LogP contribution >= 0.6 is 12.2 Å². The molecule has 2 rings (SSSR count). The van der Waals surface area contributed by atoms with Crippen LogP contribution in [0.2, 0.25) is 0 Å². The third kappa shape index (κ3) is 2.68. The van der Waals surface area contributed by atoms with Crippen molar-refractivity contribution in [3.8, 4) is 11.5 Å². The molecule has 2 N–H and O–H groups in total. The highest BCUT2D eigenvalue weighted by molar-refractivity contribution is 7.80. The van der Waals surface area contributed by atoms with E-state index in [1.807, 2.05) is 19.1 Å². The quantitative estimate of drug-likeness (QED) is 0.804. The van der Waals surface area contributed by atoms with Gasteiger partial charge < -0.3 is 9.84 Å². The van der Waals surface area contributed by atoms with Crippen LogP contribution in [0.25, 0.3) is 6.08 Å². The number of nitrogens with zero attached hydrogens (tertiary/aromatic N) is 1.